The summed E-state index contributed by atoms with van der Waals surface area (Å²) in [5, 5.41) is 0. The van der Waals surface area contributed by atoms with E-state index in [0.717, 1.165) is 10.6 Å². The molecule has 0 bridgehead atoms. The number of hydrogen-bond donors (Lipinski definition) is 0. The van der Waals surface area contributed by atoms with Gasteiger partial charge in [-0.05, 0) is 37.4 Å². The first kappa shape index (κ1) is 13.7. The number of benzene rings is 2. The van der Waals surface area contributed by atoms with Crippen LogP contribution >= 0.6 is 11.8 Å². The van der Waals surface area contributed by atoms with Crippen LogP contribution in [0.15, 0.2) is 53.4 Å². The fourth-order valence-corrected chi connectivity index (χ4v) is 2.05. The van der Waals surface area contributed by atoms with Gasteiger partial charge in [0.2, 0.25) is 0 Å². The van der Waals surface area contributed by atoms with Crippen molar-refractivity contribution in [1.29, 1.82) is 0 Å². The lowest BCUT2D eigenvalue weighted by atomic mass is 10.1. The highest BCUT2D eigenvalue weighted by atomic mass is 32.2. The summed E-state index contributed by atoms with van der Waals surface area (Å²) in [6.07, 6.45) is 2.01. The lowest BCUT2D eigenvalue weighted by molar-refractivity contribution is 0.0921. The van der Waals surface area contributed by atoms with Crippen LogP contribution in [0.1, 0.15) is 15.9 Å². The Bertz CT molecular complexity index is 544. The summed E-state index contributed by atoms with van der Waals surface area (Å²) in [6.45, 7) is 2.09. The highest BCUT2D eigenvalue weighted by Gasteiger charge is 2.06. The van der Waals surface area contributed by atoms with Gasteiger partial charge in [0, 0.05) is 10.5 Å². The average molecular weight is 272 g/mol. The van der Waals surface area contributed by atoms with E-state index in [9.17, 15) is 4.79 Å². The molecular weight excluding hydrogens is 256 g/mol. The fourth-order valence-electron chi connectivity index (χ4n) is 1.64. The van der Waals surface area contributed by atoms with Gasteiger partial charge in [-0.1, -0.05) is 29.8 Å². The van der Waals surface area contributed by atoms with Crippen LogP contribution in [0.5, 0.6) is 5.75 Å². The second-order valence-corrected chi connectivity index (χ2v) is 5.13. The van der Waals surface area contributed by atoms with Crippen LogP contribution in [0.2, 0.25) is 0 Å². The largest absolute Gasteiger partial charge is 0.485 e. The molecule has 0 aliphatic heterocycles. The van der Waals surface area contributed by atoms with Crippen LogP contribution < -0.4 is 4.74 Å². The monoisotopic (exact) mass is 272 g/mol. The molecule has 0 saturated carbocycles. The van der Waals surface area contributed by atoms with Crippen molar-refractivity contribution in [2.24, 2.45) is 0 Å². The van der Waals surface area contributed by atoms with Gasteiger partial charge in [-0.3, -0.25) is 4.79 Å². The van der Waals surface area contributed by atoms with Crippen molar-refractivity contribution in [3.05, 3.63) is 59.7 Å². The zero-order valence-electron chi connectivity index (χ0n) is 11.1. The molecule has 0 heterocycles. The van der Waals surface area contributed by atoms with E-state index in [1.807, 2.05) is 61.7 Å². The molecule has 0 N–H and O–H groups in total. The second kappa shape index (κ2) is 6.43. The van der Waals surface area contributed by atoms with Crippen molar-refractivity contribution >= 4 is 17.5 Å². The van der Waals surface area contributed by atoms with E-state index in [0.29, 0.717) is 5.56 Å². The Morgan fingerprint density at radius 3 is 2.26 bits per heavy atom. The molecule has 0 spiro atoms. The van der Waals surface area contributed by atoms with Gasteiger partial charge in [-0.25, -0.2) is 0 Å². The number of carbonyl (C=O) groups is 1. The van der Waals surface area contributed by atoms with Crippen LogP contribution in [0.3, 0.4) is 0 Å². The van der Waals surface area contributed by atoms with Gasteiger partial charge in [0.15, 0.2) is 12.4 Å². The van der Waals surface area contributed by atoms with Gasteiger partial charge >= 0.3 is 0 Å². The first-order chi connectivity index (χ1) is 9.19. The third kappa shape index (κ3) is 3.86. The molecule has 98 valence electrons. The van der Waals surface area contributed by atoms with E-state index in [-0.39, 0.29) is 12.4 Å². The molecule has 0 aliphatic rings. The smallest absolute Gasteiger partial charge is 0.200 e. The van der Waals surface area contributed by atoms with Crippen molar-refractivity contribution in [2.75, 3.05) is 12.9 Å². The van der Waals surface area contributed by atoms with Crippen molar-refractivity contribution in [2.45, 2.75) is 11.8 Å². The second-order valence-electron chi connectivity index (χ2n) is 4.25. The Kier molecular flexibility index (Phi) is 4.63. The Balaban J connectivity index is 1.95. The predicted molar refractivity (Wildman–Crippen MR) is 79.2 cm³/mol. The van der Waals surface area contributed by atoms with E-state index in [2.05, 4.69) is 0 Å². The molecule has 0 unspecified atom stereocenters. The minimum Gasteiger partial charge on any atom is -0.485 e. The third-order valence-corrected chi connectivity index (χ3v) is 3.55. The van der Waals surface area contributed by atoms with Crippen molar-refractivity contribution < 1.29 is 9.53 Å². The van der Waals surface area contributed by atoms with Crippen LogP contribution in [-0.4, -0.2) is 18.6 Å². The molecule has 19 heavy (non-hydrogen) atoms. The van der Waals surface area contributed by atoms with E-state index >= 15 is 0 Å². The molecule has 3 heteroatoms. The van der Waals surface area contributed by atoms with Crippen LogP contribution in [0, 0.1) is 6.92 Å². The summed E-state index contributed by atoms with van der Waals surface area (Å²) in [5.41, 5.74) is 1.86. The number of carbonyl (C=O) groups excluding carboxylic acids is 1. The van der Waals surface area contributed by atoms with Gasteiger partial charge in [0.1, 0.15) is 5.75 Å². The number of ether oxygens (including phenoxy) is 1. The van der Waals surface area contributed by atoms with Crippen molar-refractivity contribution in [3.8, 4) is 5.75 Å². The lowest BCUT2D eigenvalue weighted by Gasteiger charge is -2.06. The maximum atomic E-state index is 12.0. The van der Waals surface area contributed by atoms with Crippen LogP contribution in [-0.2, 0) is 0 Å². The van der Waals surface area contributed by atoms with Gasteiger partial charge in [-0.2, -0.15) is 0 Å². The maximum Gasteiger partial charge on any atom is 0.200 e. The van der Waals surface area contributed by atoms with Crippen LogP contribution in [0.25, 0.3) is 0 Å². The Labute approximate surface area is 117 Å². The average Bonchev–Trinajstić information content (AvgIpc) is 2.46. The minimum atomic E-state index is -0.00627. The summed E-state index contributed by atoms with van der Waals surface area (Å²) < 4.78 is 5.48. The zero-order chi connectivity index (χ0) is 13.7. The number of rotatable bonds is 5. The number of Topliss-reactive ketones (excluding diaryl/α,β-unsaturated/α-hetero) is 1. The van der Waals surface area contributed by atoms with Gasteiger partial charge in [0.25, 0.3) is 0 Å². The fraction of sp³-hybridized carbons (Fsp3) is 0.188. The lowest BCUT2D eigenvalue weighted by Crippen LogP contribution is -2.11. The molecule has 0 fully saturated rings. The number of aryl methyl sites for hydroxylation is 1. The predicted octanol–water partition coefficient (Wildman–Crippen LogP) is 3.98. The van der Waals surface area contributed by atoms with Crippen LogP contribution in [0.4, 0.5) is 0 Å². The normalized spacial score (nSPS) is 10.2. The summed E-state index contributed by atoms with van der Waals surface area (Å²) >= 11 is 1.66. The van der Waals surface area contributed by atoms with E-state index in [4.69, 9.17) is 4.74 Å². The first-order valence-corrected chi connectivity index (χ1v) is 7.28. The highest BCUT2D eigenvalue weighted by Crippen LogP contribution is 2.16. The molecule has 0 amide bonds. The molecule has 0 aromatic heterocycles. The Morgan fingerprint density at radius 1 is 1.05 bits per heavy atom. The highest BCUT2D eigenvalue weighted by molar-refractivity contribution is 7.98. The summed E-state index contributed by atoms with van der Waals surface area (Å²) in [4.78, 5) is 13.1. The van der Waals surface area contributed by atoms with E-state index in [1.165, 1.54) is 5.56 Å². The summed E-state index contributed by atoms with van der Waals surface area (Å²) in [7, 11) is 0. The number of hydrogen-bond acceptors (Lipinski definition) is 3. The first-order valence-electron chi connectivity index (χ1n) is 6.06. The van der Waals surface area contributed by atoms with E-state index in [1.54, 1.807) is 11.8 Å². The van der Waals surface area contributed by atoms with Gasteiger partial charge in [0.05, 0.1) is 0 Å². The molecule has 0 saturated heterocycles. The molecule has 0 radical (unpaired) electrons. The standard InChI is InChI=1S/C16H16O2S/c1-12-3-7-14(8-4-12)18-11-16(17)13-5-9-15(19-2)10-6-13/h3-10H,11H2,1-2H3. The molecule has 2 rings (SSSR count). The van der Waals surface area contributed by atoms with Gasteiger partial charge in [-0.15, -0.1) is 11.8 Å². The molecule has 0 aliphatic carbocycles. The molecule has 2 aromatic carbocycles. The minimum absolute atomic E-state index is 0.00627. The third-order valence-electron chi connectivity index (χ3n) is 2.80. The molecule has 2 aromatic rings. The van der Waals surface area contributed by atoms with E-state index < -0.39 is 0 Å². The van der Waals surface area contributed by atoms with Crippen molar-refractivity contribution in [1.82, 2.24) is 0 Å². The Hall–Kier alpha value is -1.74. The number of thioether (sulfide) groups is 1. The van der Waals surface area contributed by atoms with Gasteiger partial charge < -0.3 is 4.74 Å². The number of ketones is 1. The molecule has 0 atom stereocenters. The molecule has 2 nitrogen and oxygen atoms in total. The quantitative estimate of drug-likeness (QED) is 0.608. The topological polar surface area (TPSA) is 26.3 Å². The summed E-state index contributed by atoms with van der Waals surface area (Å²) in [6, 6.07) is 15.3. The van der Waals surface area contributed by atoms with Crippen molar-refractivity contribution in [3.63, 3.8) is 0 Å². The maximum absolute atomic E-state index is 12.0. The molecular formula is C16H16O2S. The Morgan fingerprint density at radius 2 is 1.68 bits per heavy atom. The zero-order valence-corrected chi connectivity index (χ0v) is 11.9. The SMILES string of the molecule is CSc1ccc(C(=O)COc2ccc(C)cc2)cc1. The summed E-state index contributed by atoms with van der Waals surface area (Å²) in [5.74, 6) is 0.716.